The first kappa shape index (κ1) is 14.2. The zero-order valence-electron chi connectivity index (χ0n) is 10.2. The Labute approximate surface area is 104 Å². The molecule has 0 radical (unpaired) electrons. The number of rotatable bonds is 4. The molecule has 0 aromatic carbocycles. The molecule has 8 nitrogen and oxygen atoms in total. The lowest BCUT2D eigenvalue weighted by atomic mass is 10.2. The molecule has 0 spiro atoms. The maximum absolute atomic E-state index is 11.5. The molecule has 3 amide bonds. The average molecular weight is 259 g/mol. The van der Waals surface area contributed by atoms with Crippen LogP contribution in [0.25, 0.3) is 0 Å². The lowest BCUT2D eigenvalue weighted by molar-refractivity contribution is -0.141. The Hall–Kier alpha value is -1.83. The van der Waals surface area contributed by atoms with E-state index in [2.05, 4.69) is 10.6 Å². The van der Waals surface area contributed by atoms with Gasteiger partial charge in [-0.3, -0.25) is 4.79 Å². The summed E-state index contributed by atoms with van der Waals surface area (Å²) in [6, 6.07) is -2.82. The maximum atomic E-state index is 11.5. The van der Waals surface area contributed by atoms with Gasteiger partial charge in [0.2, 0.25) is 5.91 Å². The van der Waals surface area contributed by atoms with Crippen molar-refractivity contribution in [3.63, 3.8) is 0 Å². The number of aliphatic carboxylic acids is 1. The van der Waals surface area contributed by atoms with Gasteiger partial charge < -0.3 is 25.7 Å². The molecule has 0 bridgehead atoms. The number of likely N-dealkylation sites (N-methyl/N-ethyl adjacent to an activating group) is 1. The van der Waals surface area contributed by atoms with Crippen LogP contribution in [0.3, 0.4) is 0 Å². The molecule has 1 aliphatic rings. The average Bonchev–Trinajstić information content (AvgIpc) is 2.57. The van der Waals surface area contributed by atoms with E-state index in [-0.39, 0.29) is 5.91 Å². The van der Waals surface area contributed by atoms with Crippen molar-refractivity contribution in [3.05, 3.63) is 0 Å². The van der Waals surface area contributed by atoms with Crippen LogP contribution in [0.2, 0.25) is 0 Å². The molecule has 4 N–H and O–H groups in total. The van der Waals surface area contributed by atoms with E-state index < -0.39 is 30.2 Å². The van der Waals surface area contributed by atoms with Crippen LogP contribution in [-0.4, -0.2) is 64.8 Å². The number of carbonyl (C=O) groups is 3. The third-order valence-electron chi connectivity index (χ3n) is 2.77. The second kappa shape index (κ2) is 5.67. The summed E-state index contributed by atoms with van der Waals surface area (Å²) in [4.78, 5) is 35.2. The van der Waals surface area contributed by atoms with Crippen LogP contribution in [-0.2, 0) is 9.59 Å². The highest BCUT2D eigenvalue weighted by Crippen LogP contribution is 2.08. The smallest absolute Gasteiger partial charge is 0.328 e. The number of nitrogens with one attached hydrogen (secondary N) is 2. The second-order valence-corrected chi connectivity index (χ2v) is 4.28. The minimum absolute atomic E-state index is 0.214. The molecular weight excluding hydrogens is 242 g/mol. The predicted octanol–water partition coefficient (Wildman–Crippen LogP) is -1.65. The molecular formula is C10H17N3O5. The number of urea groups is 1. The summed E-state index contributed by atoms with van der Waals surface area (Å²) in [7, 11) is 1.62. The quantitative estimate of drug-likeness (QED) is 0.482. The number of likely N-dealkylation sites (tertiary alicyclic amines) is 1. The van der Waals surface area contributed by atoms with Gasteiger partial charge in [0.25, 0.3) is 0 Å². The number of hydrogen-bond acceptors (Lipinski definition) is 4. The summed E-state index contributed by atoms with van der Waals surface area (Å²) in [5.41, 5.74) is 0. The van der Waals surface area contributed by atoms with E-state index in [4.69, 9.17) is 5.11 Å². The first-order chi connectivity index (χ1) is 8.32. The zero-order chi connectivity index (χ0) is 13.9. The highest BCUT2D eigenvalue weighted by molar-refractivity contribution is 5.90. The van der Waals surface area contributed by atoms with Gasteiger partial charge in [0, 0.05) is 13.6 Å². The van der Waals surface area contributed by atoms with Crippen LogP contribution < -0.4 is 10.6 Å². The standard InChI is InChI=1S/C10H17N3O5/c1-5(14)7(9(16)17)12-10(18)11-6-3-4-13(2)8(6)15/h5-7,14H,3-4H2,1-2H3,(H,16,17)(H2,11,12,18)/t5-,6?,7+/m1/s1. The van der Waals surface area contributed by atoms with Crippen molar-refractivity contribution in [3.8, 4) is 0 Å². The van der Waals surface area contributed by atoms with Gasteiger partial charge in [-0.15, -0.1) is 0 Å². The van der Waals surface area contributed by atoms with Crippen LogP contribution in [0.15, 0.2) is 0 Å². The molecule has 0 saturated carbocycles. The van der Waals surface area contributed by atoms with Gasteiger partial charge >= 0.3 is 12.0 Å². The van der Waals surface area contributed by atoms with E-state index in [1.807, 2.05) is 0 Å². The van der Waals surface area contributed by atoms with Gasteiger partial charge in [0.15, 0.2) is 6.04 Å². The molecule has 1 aliphatic heterocycles. The highest BCUT2D eigenvalue weighted by atomic mass is 16.4. The number of aliphatic hydroxyl groups excluding tert-OH is 1. The highest BCUT2D eigenvalue weighted by Gasteiger charge is 2.32. The molecule has 0 aromatic rings. The molecule has 1 heterocycles. The van der Waals surface area contributed by atoms with E-state index in [0.29, 0.717) is 13.0 Å². The first-order valence-corrected chi connectivity index (χ1v) is 5.55. The van der Waals surface area contributed by atoms with Crippen molar-refractivity contribution in [1.29, 1.82) is 0 Å². The van der Waals surface area contributed by atoms with E-state index >= 15 is 0 Å². The Morgan fingerprint density at radius 3 is 2.50 bits per heavy atom. The Balaban J connectivity index is 2.51. The summed E-state index contributed by atoms with van der Waals surface area (Å²) in [6.45, 7) is 1.80. The summed E-state index contributed by atoms with van der Waals surface area (Å²) < 4.78 is 0. The SMILES string of the molecule is C[C@@H](O)[C@H](NC(=O)NC1CCN(C)C1=O)C(=O)O. The van der Waals surface area contributed by atoms with Gasteiger partial charge in [-0.1, -0.05) is 0 Å². The Morgan fingerprint density at radius 1 is 1.50 bits per heavy atom. The summed E-state index contributed by atoms with van der Waals surface area (Å²) >= 11 is 0. The van der Waals surface area contributed by atoms with Gasteiger partial charge in [-0.2, -0.15) is 0 Å². The van der Waals surface area contributed by atoms with Crippen LogP contribution in [0.5, 0.6) is 0 Å². The van der Waals surface area contributed by atoms with Crippen molar-refractivity contribution >= 4 is 17.9 Å². The molecule has 1 unspecified atom stereocenters. The molecule has 0 aliphatic carbocycles. The van der Waals surface area contributed by atoms with Gasteiger partial charge in [0.05, 0.1) is 6.10 Å². The van der Waals surface area contributed by atoms with Crippen molar-refractivity contribution in [1.82, 2.24) is 15.5 Å². The molecule has 8 heteroatoms. The lowest BCUT2D eigenvalue weighted by Crippen LogP contribution is -2.54. The minimum atomic E-state index is -1.40. The predicted molar refractivity (Wildman–Crippen MR) is 60.8 cm³/mol. The first-order valence-electron chi connectivity index (χ1n) is 5.55. The van der Waals surface area contributed by atoms with Crippen molar-refractivity contribution in [2.24, 2.45) is 0 Å². The van der Waals surface area contributed by atoms with Crippen LogP contribution in [0, 0.1) is 0 Å². The largest absolute Gasteiger partial charge is 0.480 e. The monoisotopic (exact) mass is 259 g/mol. The van der Waals surface area contributed by atoms with E-state index in [1.165, 1.54) is 11.8 Å². The molecule has 0 aromatic heterocycles. The van der Waals surface area contributed by atoms with Crippen LogP contribution >= 0.6 is 0 Å². The molecule has 1 fully saturated rings. The van der Waals surface area contributed by atoms with Crippen molar-refractivity contribution < 1.29 is 24.6 Å². The van der Waals surface area contributed by atoms with E-state index in [1.54, 1.807) is 7.05 Å². The molecule has 102 valence electrons. The topological polar surface area (TPSA) is 119 Å². The number of nitrogens with zero attached hydrogens (tertiary/aromatic N) is 1. The normalized spacial score (nSPS) is 22.5. The van der Waals surface area contributed by atoms with Gasteiger partial charge in [-0.25, -0.2) is 9.59 Å². The van der Waals surface area contributed by atoms with Crippen molar-refractivity contribution in [2.45, 2.75) is 31.5 Å². The zero-order valence-corrected chi connectivity index (χ0v) is 10.2. The fraction of sp³-hybridized carbons (Fsp3) is 0.700. The Kier molecular flexibility index (Phi) is 4.49. The molecule has 1 saturated heterocycles. The third-order valence-corrected chi connectivity index (χ3v) is 2.77. The molecule has 18 heavy (non-hydrogen) atoms. The summed E-state index contributed by atoms with van der Waals surface area (Å²) in [5, 5.41) is 22.4. The fourth-order valence-electron chi connectivity index (χ4n) is 1.69. The van der Waals surface area contributed by atoms with Gasteiger partial charge in [-0.05, 0) is 13.3 Å². The van der Waals surface area contributed by atoms with E-state index in [9.17, 15) is 19.5 Å². The molecule has 1 rings (SSSR count). The van der Waals surface area contributed by atoms with E-state index in [0.717, 1.165) is 0 Å². The van der Waals surface area contributed by atoms with Crippen LogP contribution in [0.1, 0.15) is 13.3 Å². The number of carbonyl (C=O) groups excluding carboxylic acids is 2. The van der Waals surface area contributed by atoms with Crippen molar-refractivity contribution in [2.75, 3.05) is 13.6 Å². The Bertz CT molecular complexity index is 357. The molecule has 3 atom stereocenters. The summed E-state index contributed by atoms with van der Waals surface area (Å²) in [6.07, 6.45) is -0.745. The fourth-order valence-corrected chi connectivity index (χ4v) is 1.69. The van der Waals surface area contributed by atoms with Gasteiger partial charge in [0.1, 0.15) is 6.04 Å². The number of carboxylic acid groups (broad SMARTS) is 1. The number of carboxylic acids is 1. The minimum Gasteiger partial charge on any atom is -0.480 e. The number of amides is 3. The number of hydrogen-bond donors (Lipinski definition) is 4. The van der Waals surface area contributed by atoms with Crippen LogP contribution in [0.4, 0.5) is 4.79 Å². The second-order valence-electron chi connectivity index (χ2n) is 4.28. The maximum Gasteiger partial charge on any atom is 0.328 e. The summed E-state index contributed by atoms with van der Waals surface area (Å²) in [5.74, 6) is -1.55. The Morgan fingerprint density at radius 2 is 2.11 bits per heavy atom. The lowest BCUT2D eigenvalue weighted by Gasteiger charge is -2.19. The third kappa shape index (κ3) is 3.33. The number of aliphatic hydroxyl groups is 1.